The molecule has 1 aromatic rings. The maximum absolute atomic E-state index is 12.5. The third-order valence-electron chi connectivity index (χ3n) is 4.68. The number of aromatic nitrogens is 1. The zero-order valence-corrected chi connectivity index (χ0v) is 12.9. The van der Waals surface area contributed by atoms with Gasteiger partial charge in [-0.2, -0.15) is 0 Å². The zero-order valence-electron chi connectivity index (χ0n) is 12.1. The van der Waals surface area contributed by atoms with Crippen LogP contribution in [0.25, 0.3) is 0 Å². The number of likely N-dealkylation sites (tertiary alicyclic amines) is 2. The van der Waals surface area contributed by atoms with Gasteiger partial charge in [-0.05, 0) is 39.3 Å². The van der Waals surface area contributed by atoms with Gasteiger partial charge in [-0.25, -0.2) is 4.98 Å². The van der Waals surface area contributed by atoms with E-state index in [0.717, 1.165) is 24.4 Å². The third kappa shape index (κ3) is 2.88. The molecule has 110 valence electrons. The van der Waals surface area contributed by atoms with Crippen molar-refractivity contribution in [3.05, 3.63) is 16.6 Å². The van der Waals surface area contributed by atoms with Gasteiger partial charge >= 0.3 is 0 Å². The number of carbonyl (C=O) groups excluding carboxylic acids is 1. The summed E-state index contributed by atoms with van der Waals surface area (Å²) >= 11 is 1.64. The fourth-order valence-electron chi connectivity index (χ4n) is 3.66. The second kappa shape index (κ2) is 6.22. The molecule has 0 N–H and O–H groups in total. The van der Waals surface area contributed by atoms with Gasteiger partial charge in [-0.3, -0.25) is 4.79 Å². The third-order valence-corrected chi connectivity index (χ3v) is 5.52. The molecule has 0 aliphatic carbocycles. The Morgan fingerprint density at radius 2 is 2.15 bits per heavy atom. The van der Waals surface area contributed by atoms with Crippen molar-refractivity contribution in [3.63, 3.8) is 0 Å². The number of rotatable bonds is 4. The van der Waals surface area contributed by atoms with Crippen LogP contribution < -0.4 is 0 Å². The Labute approximate surface area is 124 Å². The molecule has 0 bridgehead atoms. The zero-order chi connectivity index (χ0) is 13.9. The number of hydrogen-bond acceptors (Lipinski definition) is 4. The fraction of sp³-hybridized carbons (Fsp3) is 0.733. The van der Waals surface area contributed by atoms with Crippen LogP contribution >= 0.6 is 11.3 Å². The van der Waals surface area contributed by atoms with E-state index in [2.05, 4.69) is 21.8 Å². The Balaban J connectivity index is 1.58. The Morgan fingerprint density at radius 3 is 2.85 bits per heavy atom. The molecule has 0 spiro atoms. The average molecular weight is 293 g/mol. The summed E-state index contributed by atoms with van der Waals surface area (Å²) in [6.45, 7) is 2.13. The summed E-state index contributed by atoms with van der Waals surface area (Å²) in [5, 5.41) is 3.05. The molecular weight excluding hydrogens is 270 g/mol. The Bertz CT molecular complexity index is 448. The lowest BCUT2D eigenvalue weighted by Gasteiger charge is -2.33. The first-order valence-electron chi connectivity index (χ1n) is 7.64. The lowest BCUT2D eigenvalue weighted by Crippen LogP contribution is -2.47. The molecule has 0 aromatic carbocycles. The number of amides is 1. The van der Waals surface area contributed by atoms with E-state index in [0.29, 0.717) is 24.4 Å². The van der Waals surface area contributed by atoms with Crippen molar-refractivity contribution in [2.24, 2.45) is 0 Å². The lowest BCUT2D eigenvalue weighted by molar-refractivity contribution is -0.132. The molecule has 0 unspecified atom stereocenters. The second-order valence-electron chi connectivity index (χ2n) is 5.91. The largest absolute Gasteiger partial charge is 0.338 e. The van der Waals surface area contributed by atoms with Crippen molar-refractivity contribution in [1.29, 1.82) is 0 Å². The molecule has 5 heteroatoms. The van der Waals surface area contributed by atoms with Gasteiger partial charge in [0.25, 0.3) is 0 Å². The van der Waals surface area contributed by atoms with E-state index in [4.69, 9.17) is 0 Å². The smallest absolute Gasteiger partial charge is 0.223 e. The lowest BCUT2D eigenvalue weighted by atomic mass is 10.0. The van der Waals surface area contributed by atoms with Crippen molar-refractivity contribution in [3.8, 4) is 0 Å². The van der Waals surface area contributed by atoms with E-state index in [-0.39, 0.29) is 0 Å². The van der Waals surface area contributed by atoms with Crippen LogP contribution in [-0.4, -0.2) is 52.9 Å². The predicted octanol–water partition coefficient (Wildman–Crippen LogP) is 2.16. The first kappa shape index (κ1) is 14.0. The van der Waals surface area contributed by atoms with Crippen LogP contribution in [-0.2, 0) is 11.2 Å². The molecule has 1 aromatic heterocycles. The average Bonchev–Trinajstić information content (AvgIpc) is 3.16. The van der Waals surface area contributed by atoms with Crippen molar-refractivity contribution in [2.75, 3.05) is 20.1 Å². The highest BCUT2D eigenvalue weighted by Crippen LogP contribution is 2.29. The molecule has 1 amide bonds. The van der Waals surface area contributed by atoms with Crippen molar-refractivity contribution < 1.29 is 4.79 Å². The number of thiazole rings is 1. The van der Waals surface area contributed by atoms with Crippen LogP contribution in [0.2, 0.25) is 0 Å². The summed E-state index contributed by atoms with van der Waals surface area (Å²) < 4.78 is 0. The van der Waals surface area contributed by atoms with Gasteiger partial charge in [-0.1, -0.05) is 0 Å². The number of nitrogens with zero attached hydrogens (tertiary/aromatic N) is 3. The standard InChI is InChI=1S/C15H23N3OS/c1-17-9-2-4-12(17)13-5-3-10-18(13)15(19)7-6-14-16-8-11-20-14/h8,11-13H,2-7,9-10H2,1H3/t12-,13+/m1/s1. The van der Waals surface area contributed by atoms with Crippen LogP contribution in [0.15, 0.2) is 11.6 Å². The van der Waals surface area contributed by atoms with Gasteiger partial charge in [0.15, 0.2) is 0 Å². The first-order valence-corrected chi connectivity index (χ1v) is 8.52. The van der Waals surface area contributed by atoms with Gasteiger partial charge in [0.1, 0.15) is 0 Å². The minimum Gasteiger partial charge on any atom is -0.338 e. The molecule has 4 nitrogen and oxygen atoms in total. The Kier molecular flexibility index (Phi) is 4.36. The van der Waals surface area contributed by atoms with Gasteiger partial charge in [0.05, 0.1) is 5.01 Å². The molecule has 2 atom stereocenters. The van der Waals surface area contributed by atoms with E-state index in [1.54, 1.807) is 11.3 Å². The molecular formula is C15H23N3OS. The summed E-state index contributed by atoms with van der Waals surface area (Å²) in [7, 11) is 2.20. The fourth-order valence-corrected chi connectivity index (χ4v) is 4.28. The van der Waals surface area contributed by atoms with Crippen molar-refractivity contribution in [1.82, 2.24) is 14.8 Å². The van der Waals surface area contributed by atoms with E-state index in [1.807, 2.05) is 11.6 Å². The molecule has 2 saturated heterocycles. The van der Waals surface area contributed by atoms with E-state index >= 15 is 0 Å². The minimum atomic E-state index is 0.322. The molecule has 3 heterocycles. The molecule has 0 radical (unpaired) electrons. The van der Waals surface area contributed by atoms with E-state index < -0.39 is 0 Å². The van der Waals surface area contributed by atoms with Crippen molar-refractivity contribution >= 4 is 17.2 Å². The first-order chi connectivity index (χ1) is 9.75. The van der Waals surface area contributed by atoms with Crippen LogP contribution in [0.4, 0.5) is 0 Å². The summed E-state index contributed by atoms with van der Waals surface area (Å²) in [6.07, 6.45) is 8.09. The Hall–Kier alpha value is -0.940. The summed E-state index contributed by atoms with van der Waals surface area (Å²) in [6, 6.07) is 1.03. The summed E-state index contributed by atoms with van der Waals surface area (Å²) in [5.74, 6) is 0.322. The molecule has 3 rings (SSSR count). The van der Waals surface area contributed by atoms with Crippen LogP contribution in [0, 0.1) is 0 Å². The van der Waals surface area contributed by atoms with Crippen LogP contribution in [0.5, 0.6) is 0 Å². The molecule has 2 fully saturated rings. The maximum atomic E-state index is 12.5. The number of hydrogen-bond donors (Lipinski definition) is 0. The quantitative estimate of drug-likeness (QED) is 0.853. The maximum Gasteiger partial charge on any atom is 0.223 e. The highest BCUT2D eigenvalue weighted by molar-refractivity contribution is 7.09. The molecule has 20 heavy (non-hydrogen) atoms. The SMILES string of the molecule is CN1CCC[C@@H]1[C@@H]1CCCN1C(=O)CCc1nccs1. The predicted molar refractivity (Wildman–Crippen MR) is 80.8 cm³/mol. The Morgan fingerprint density at radius 1 is 1.35 bits per heavy atom. The van der Waals surface area contributed by atoms with Crippen LogP contribution in [0.1, 0.15) is 37.1 Å². The molecule has 2 aliphatic heterocycles. The highest BCUT2D eigenvalue weighted by Gasteiger charge is 2.37. The van der Waals surface area contributed by atoms with Gasteiger partial charge in [-0.15, -0.1) is 11.3 Å². The normalized spacial score (nSPS) is 27.4. The second-order valence-corrected chi connectivity index (χ2v) is 6.89. The van der Waals surface area contributed by atoms with Crippen LogP contribution in [0.3, 0.4) is 0 Å². The topological polar surface area (TPSA) is 36.4 Å². The highest BCUT2D eigenvalue weighted by atomic mass is 32.1. The van der Waals surface area contributed by atoms with Crippen molar-refractivity contribution in [2.45, 2.75) is 50.6 Å². The monoisotopic (exact) mass is 293 g/mol. The van der Waals surface area contributed by atoms with E-state index in [9.17, 15) is 4.79 Å². The molecule has 0 saturated carbocycles. The van der Waals surface area contributed by atoms with Gasteiger partial charge < -0.3 is 9.80 Å². The minimum absolute atomic E-state index is 0.322. The summed E-state index contributed by atoms with van der Waals surface area (Å²) in [4.78, 5) is 21.4. The van der Waals surface area contributed by atoms with Gasteiger partial charge in [0, 0.05) is 43.0 Å². The molecule has 2 aliphatic rings. The number of aryl methyl sites for hydroxylation is 1. The number of likely N-dealkylation sites (N-methyl/N-ethyl adjacent to an activating group) is 1. The van der Waals surface area contributed by atoms with E-state index in [1.165, 1.54) is 25.8 Å². The summed E-state index contributed by atoms with van der Waals surface area (Å²) in [5.41, 5.74) is 0. The van der Waals surface area contributed by atoms with Gasteiger partial charge in [0.2, 0.25) is 5.91 Å². The number of carbonyl (C=O) groups is 1.